The Bertz CT molecular complexity index is 1380. The average Bonchev–Trinajstić information content (AvgIpc) is 3.68. The van der Waals surface area contributed by atoms with Crippen LogP contribution in [0.25, 0.3) is 11.1 Å². The van der Waals surface area contributed by atoms with Gasteiger partial charge in [-0.1, -0.05) is 139 Å². The Labute approximate surface area is 410 Å². The Morgan fingerprint density at radius 3 is 0.985 bits per heavy atom. The maximum Gasteiger partial charge on any atom is 0.407 e. The number of carbonyl (C=O) groups is 1. The van der Waals surface area contributed by atoms with Gasteiger partial charge in [0.1, 0.15) is 6.61 Å². The number of nitrogens with one attached hydrogen (secondary N) is 1. The van der Waals surface area contributed by atoms with Crippen LogP contribution in [0.4, 0.5) is 4.79 Å². The summed E-state index contributed by atoms with van der Waals surface area (Å²) >= 11 is 0. The van der Waals surface area contributed by atoms with E-state index in [2.05, 4.69) is 36.5 Å². The molecule has 2 aromatic rings. The third-order valence-electron chi connectivity index (χ3n) is 11.4. The number of ether oxygens (including phenoxy) is 12. The summed E-state index contributed by atoms with van der Waals surface area (Å²) in [4.78, 5) is 12.3. The Hall–Kier alpha value is -2.73. The number of unbranched alkanes of at least 4 members (excludes halogenated alkanes) is 13. The van der Waals surface area contributed by atoms with Gasteiger partial charge in [0.2, 0.25) is 0 Å². The molecule has 0 saturated heterocycles. The van der Waals surface area contributed by atoms with E-state index in [0.29, 0.717) is 158 Å². The van der Waals surface area contributed by atoms with Gasteiger partial charge in [-0.05, 0) is 35.1 Å². The van der Waals surface area contributed by atoms with Gasteiger partial charge in [-0.25, -0.2) is 4.79 Å². The number of hydrogen-bond acceptors (Lipinski definition) is 13. The minimum atomic E-state index is -0.413. The van der Waals surface area contributed by atoms with Crippen LogP contribution in [0.5, 0.6) is 0 Å². The average molecular weight is 962 g/mol. The van der Waals surface area contributed by atoms with Crippen LogP contribution in [-0.2, 0) is 56.8 Å². The third kappa shape index (κ3) is 32.2. The van der Waals surface area contributed by atoms with Gasteiger partial charge in [0.15, 0.2) is 0 Å². The Kier molecular flexibility index (Phi) is 39.8. The molecular weight excluding hydrogens is 871 g/mol. The minimum absolute atomic E-state index is 0.0492. The van der Waals surface area contributed by atoms with Crippen LogP contribution in [0.1, 0.15) is 120 Å². The Morgan fingerprint density at radius 2 is 0.647 bits per heavy atom. The van der Waals surface area contributed by atoms with Crippen molar-refractivity contribution < 1.29 is 61.6 Å². The fourth-order valence-electron chi connectivity index (χ4n) is 7.71. The van der Waals surface area contributed by atoms with Crippen molar-refractivity contribution in [3.63, 3.8) is 0 Å². The molecule has 0 spiro atoms. The molecule has 0 atom stereocenters. The van der Waals surface area contributed by atoms with Crippen LogP contribution >= 0.6 is 0 Å². The molecule has 0 saturated carbocycles. The molecule has 0 unspecified atom stereocenters. The number of alkyl carbamates (subject to hydrolysis) is 1. The molecule has 0 radical (unpaired) electrons. The highest BCUT2D eigenvalue weighted by molar-refractivity contribution is 5.79. The molecule has 2 aromatic carbocycles. The van der Waals surface area contributed by atoms with Gasteiger partial charge >= 0.3 is 6.09 Å². The maximum atomic E-state index is 12.3. The lowest BCUT2D eigenvalue weighted by molar-refractivity contribution is -0.0275. The lowest BCUT2D eigenvalue weighted by Crippen LogP contribution is -2.27. The summed E-state index contributed by atoms with van der Waals surface area (Å²) in [5.41, 5.74) is 4.81. The first kappa shape index (κ1) is 59.6. The normalized spacial score (nSPS) is 12.2. The molecule has 0 heterocycles. The molecule has 3 rings (SSSR count). The monoisotopic (exact) mass is 962 g/mol. The van der Waals surface area contributed by atoms with Crippen LogP contribution in [0.15, 0.2) is 48.5 Å². The smallest absolute Gasteiger partial charge is 0.407 e. The van der Waals surface area contributed by atoms with Gasteiger partial charge in [-0.3, -0.25) is 0 Å². The quantitative estimate of drug-likeness (QED) is 0.0631. The summed E-state index contributed by atoms with van der Waals surface area (Å²) in [6.45, 7) is 14.8. The lowest BCUT2D eigenvalue weighted by Gasteiger charge is -2.14. The first-order valence-electron chi connectivity index (χ1n) is 26.2. The van der Waals surface area contributed by atoms with Crippen molar-refractivity contribution in [3.05, 3.63) is 59.7 Å². The molecule has 14 nitrogen and oxygen atoms in total. The van der Waals surface area contributed by atoms with E-state index in [1.54, 1.807) is 0 Å². The van der Waals surface area contributed by atoms with Crippen molar-refractivity contribution >= 4 is 6.09 Å². The van der Waals surface area contributed by atoms with Gasteiger partial charge in [0.05, 0.1) is 132 Å². The van der Waals surface area contributed by atoms with Crippen LogP contribution in [0.3, 0.4) is 0 Å². The lowest BCUT2D eigenvalue weighted by atomic mass is 9.98. The number of fused-ring (bicyclic) bond motifs is 3. The largest absolute Gasteiger partial charge is 0.449 e. The highest BCUT2D eigenvalue weighted by Gasteiger charge is 2.29. The molecule has 0 fully saturated rings. The first-order valence-corrected chi connectivity index (χ1v) is 26.2. The van der Waals surface area contributed by atoms with E-state index in [1.165, 1.54) is 106 Å². The van der Waals surface area contributed by atoms with E-state index in [1.807, 2.05) is 24.3 Å². The van der Waals surface area contributed by atoms with Crippen molar-refractivity contribution in [1.82, 2.24) is 5.32 Å². The van der Waals surface area contributed by atoms with Gasteiger partial charge in [0.25, 0.3) is 0 Å². The van der Waals surface area contributed by atoms with Crippen molar-refractivity contribution in [2.24, 2.45) is 0 Å². The van der Waals surface area contributed by atoms with Crippen LogP contribution < -0.4 is 5.32 Å². The molecule has 0 aromatic heterocycles. The molecule has 0 bridgehead atoms. The van der Waals surface area contributed by atoms with E-state index in [4.69, 9.17) is 56.8 Å². The highest BCUT2D eigenvalue weighted by Crippen LogP contribution is 2.44. The zero-order valence-corrected chi connectivity index (χ0v) is 42.1. The first-order chi connectivity index (χ1) is 33.8. The molecule has 68 heavy (non-hydrogen) atoms. The predicted molar refractivity (Wildman–Crippen MR) is 267 cm³/mol. The zero-order valence-electron chi connectivity index (χ0n) is 42.1. The molecule has 1 aliphatic carbocycles. The van der Waals surface area contributed by atoms with Crippen molar-refractivity contribution in [2.75, 3.05) is 159 Å². The second kappa shape index (κ2) is 45.4. The van der Waals surface area contributed by atoms with Gasteiger partial charge in [-0.2, -0.15) is 0 Å². The summed E-state index contributed by atoms with van der Waals surface area (Å²) < 4.78 is 66.8. The van der Waals surface area contributed by atoms with E-state index in [0.717, 1.165) is 13.0 Å². The number of rotatable bonds is 51. The van der Waals surface area contributed by atoms with E-state index in [-0.39, 0.29) is 5.92 Å². The molecule has 1 amide bonds. The standard InChI is InChI=1S/C54H91NO13/c1-2-3-4-5-6-7-8-9-10-11-12-13-14-19-26-57-28-30-59-32-34-61-36-38-63-40-42-65-44-46-67-47-45-66-43-41-64-39-37-62-35-33-60-31-29-58-27-20-25-55-54(56)68-48-53-51-23-17-15-21-49(51)50-22-16-18-24-52(50)53/h15-18,21-24,53H,2-14,19-20,25-48H2,1H3,(H,55,56). The molecule has 1 N–H and O–H groups in total. The summed E-state index contributed by atoms with van der Waals surface area (Å²) in [5, 5.41) is 2.81. The molecular formula is C54H91NO13. The Morgan fingerprint density at radius 1 is 0.368 bits per heavy atom. The maximum absolute atomic E-state index is 12.3. The van der Waals surface area contributed by atoms with E-state index < -0.39 is 6.09 Å². The second-order valence-electron chi connectivity index (χ2n) is 16.9. The third-order valence-corrected chi connectivity index (χ3v) is 11.4. The highest BCUT2D eigenvalue weighted by atomic mass is 16.6. The SMILES string of the molecule is CCCCCCCCCCCCCCCCOCCOCCOCCOCCOCCOCCOCCOCCOCCOCCOCCCNC(=O)OCC1c2ccccc2-c2ccccc21. The minimum Gasteiger partial charge on any atom is -0.449 e. The van der Waals surface area contributed by atoms with Crippen molar-refractivity contribution in [2.45, 2.75) is 109 Å². The summed E-state index contributed by atoms with van der Waals surface area (Å²) in [6, 6.07) is 16.6. The van der Waals surface area contributed by atoms with E-state index in [9.17, 15) is 4.79 Å². The van der Waals surface area contributed by atoms with Crippen LogP contribution in [0, 0.1) is 0 Å². The van der Waals surface area contributed by atoms with Gasteiger partial charge < -0.3 is 62.2 Å². The molecule has 0 aliphatic heterocycles. The Balaban J connectivity index is 0.892. The van der Waals surface area contributed by atoms with Crippen LogP contribution in [0.2, 0.25) is 0 Å². The number of amides is 1. The zero-order chi connectivity index (χ0) is 47.9. The number of benzene rings is 2. The predicted octanol–water partition coefficient (Wildman–Crippen LogP) is 9.58. The summed E-state index contributed by atoms with van der Waals surface area (Å²) in [6.07, 6.45) is 19.5. The summed E-state index contributed by atoms with van der Waals surface area (Å²) in [5.74, 6) is 0.0492. The topological polar surface area (TPSA) is 140 Å². The van der Waals surface area contributed by atoms with Gasteiger partial charge in [-0.15, -0.1) is 0 Å². The molecule has 1 aliphatic rings. The fourth-order valence-corrected chi connectivity index (χ4v) is 7.71. The molecule has 390 valence electrons. The van der Waals surface area contributed by atoms with Crippen molar-refractivity contribution in [1.29, 1.82) is 0 Å². The fraction of sp³-hybridized carbons (Fsp3) is 0.759. The van der Waals surface area contributed by atoms with Gasteiger partial charge in [0, 0.05) is 25.7 Å². The second-order valence-corrected chi connectivity index (χ2v) is 16.9. The number of carbonyl (C=O) groups excluding carboxylic acids is 1. The number of hydrogen-bond donors (Lipinski definition) is 1. The summed E-state index contributed by atoms with van der Waals surface area (Å²) in [7, 11) is 0. The van der Waals surface area contributed by atoms with Crippen LogP contribution in [-0.4, -0.2) is 165 Å². The molecule has 14 heteroatoms. The van der Waals surface area contributed by atoms with E-state index >= 15 is 0 Å². The van der Waals surface area contributed by atoms with Crippen molar-refractivity contribution in [3.8, 4) is 11.1 Å².